The van der Waals surface area contributed by atoms with E-state index < -0.39 is 44.7 Å². The Hall–Kier alpha value is -2.11. The van der Waals surface area contributed by atoms with Crippen LogP contribution in [0.5, 0.6) is 0 Å². The number of aliphatic hydroxyl groups excluding tert-OH is 2. The van der Waals surface area contributed by atoms with E-state index >= 15 is 0 Å². The topological polar surface area (TPSA) is 175 Å². The molecule has 332 valence electrons. The average molecular weight is 828 g/mol. The SMILES string of the molecule is CC/C=C\C/C=C\C/C=C\C/C=C\C[C@@H](O)[C@H](O)CCCC(=O)O[C@H](COC(=O)CCCCCCCCCCCCCCCCCCC)COP(=O)(O)OCCN. The van der Waals surface area contributed by atoms with Crippen LogP contribution in [-0.4, -0.2) is 71.7 Å². The molecule has 0 fully saturated rings. The molecule has 5 N–H and O–H groups in total. The maximum atomic E-state index is 12.6. The lowest BCUT2D eigenvalue weighted by atomic mass is 10.0. The second-order valence-corrected chi connectivity index (χ2v) is 16.3. The number of phosphoric acid groups is 1. The molecular formula is C45H82NO10P. The summed E-state index contributed by atoms with van der Waals surface area (Å²) >= 11 is 0. The number of ether oxygens (including phenoxy) is 2. The molecule has 0 aromatic heterocycles. The predicted octanol–water partition coefficient (Wildman–Crippen LogP) is 10.7. The molecule has 0 saturated heterocycles. The summed E-state index contributed by atoms with van der Waals surface area (Å²) in [7, 11) is -4.46. The molecule has 0 amide bonds. The van der Waals surface area contributed by atoms with Gasteiger partial charge in [0.15, 0.2) is 6.10 Å². The van der Waals surface area contributed by atoms with E-state index in [0.717, 1.165) is 44.9 Å². The molecule has 0 saturated carbocycles. The highest BCUT2D eigenvalue weighted by molar-refractivity contribution is 7.47. The first-order valence-electron chi connectivity index (χ1n) is 22.3. The van der Waals surface area contributed by atoms with E-state index in [1.54, 1.807) is 0 Å². The summed E-state index contributed by atoms with van der Waals surface area (Å²) in [5, 5.41) is 20.7. The zero-order valence-electron chi connectivity index (χ0n) is 35.8. The van der Waals surface area contributed by atoms with Crippen molar-refractivity contribution >= 4 is 19.8 Å². The number of rotatable bonds is 41. The number of nitrogens with two attached hydrogens (primary N) is 1. The van der Waals surface area contributed by atoms with Crippen LogP contribution < -0.4 is 5.73 Å². The van der Waals surface area contributed by atoms with Gasteiger partial charge in [-0.3, -0.25) is 18.6 Å². The van der Waals surface area contributed by atoms with Gasteiger partial charge >= 0.3 is 19.8 Å². The maximum absolute atomic E-state index is 12.6. The maximum Gasteiger partial charge on any atom is 0.472 e. The molecule has 4 atom stereocenters. The molecule has 12 heteroatoms. The van der Waals surface area contributed by atoms with E-state index in [0.29, 0.717) is 6.42 Å². The van der Waals surface area contributed by atoms with E-state index in [9.17, 15) is 29.3 Å². The smallest absolute Gasteiger partial charge is 0.462 e. The van der Waals surface area contributed by atoms with Crippen molar-refractivity contribution in [2.45, 2.75) is 199 Å². The molecule has 0 rings (SSSR count). The van der Waals surface area contributed by atoms with Gasteiger partial charge in [0, 0.05) is 19.4 Å². The van der Waals surface area contributed by atoms with Crippen LogP contribution in [0, 0.1) is 0 Å². The van der Waals surface area contributed by atoms with E-state index in [1.807, 2.05) is 18.2 Å². The van der Waals surface area contributed by atoms with Crippen molar-refractivity contribution in [2.24, 2.45) is 5.73 Å². The van der Waals surface area contributed by atoms with Crippen molar-refractivity contribution in [3.05, 3.63) is 48.6 Å². The van der Waals surface area contributed by atoms with Crippen molar-refractivity contribution in [3.63, 3.8) is 0 Å². The number of hydrogen-bond donors (Lipinski definition) is 4. The molecule has 0 aliphatic heterocycles. The van der Waals surface area contributed by atoms with Crippen LogP contribution in [0.25, 0.3) is 0 Å². The molecule has 0 spiro atoms. The average Bonchev–Trinajstić information content (AvgIpc) is 3.19. The van der Waals surface area contributed by atoms with Crippen LogP contribution >= 0.6 is 7.82 Å². The fraction of sp³-hybridized carbons (Fsp3) is 0.778. The number of hydrogen-bond acceptors (Lipinski definition) is 10. The third-order valence-corrected chi connectivity index (χ3v) is 10.4. The van der Waals surface area contributed by atoms with Crippen LogP contribution in [0.4, 0.5) is 0 Å². The van der Waals surface area contributed by atoms with Gasteiger partial charge in [-0.2, -0.15) is 0 Å². The summed E-state index contributed by atoms with van der Waals surface area (Å²) in [6.07, 6.45) is 38.9. The van der Waals surface area contributed by atoms with Crippen molar-refractivity contribution in [3.8, 4) is 0 Å². The lowest BCUT2D eigenvalue weighted by molar-refractivity contribution is -0.161. The van der Waals surface area contributed by atoms with Crippen LogP contribution in [0.15, 0.2) is 48.6 Å². The third-order valence-electron chi connectivity index (χ3n) is 9.43. The van der Waals surface area contributed by atoms with Crippen LogP contribution in [0.3, 0.4) is 0 Å². The lowest BCUT2D eigenvalue weighted by Crippen LogP contribution is -2.30. The summed E-state index contributed by atoms with van der Waals surface area (Å²) < 4.78 is 32.6. The predicted molar refractivity (Wildman–Crippen MR) is 232 cm³/mol. The van der Waals surface area contributed by atoms with E-state index in [2.05, 4.69) is 44.2 Å². The largest absolute Gasteiger partial charge is 0.472 e. The van der Waals surface area contributed by atoms with Gasteiger partial charge in [-0.05, 0) is 51.4 Å². The number of unbranched alkanes of at least 4 members (excludes halogenated alkanes) is 16. The van der Waals surface area contributed by atoms with Gasteiger partial charge in [-0.25, -0.2) is 4.57 Å². The summed E-state index contributed by atoms with van der Waals surface area (Å²) in [6, 6.07) is 0. The Labute approximate surface area is 346 Å². The second kappa shape index (κ2) is 40.7. The Morgan fingerprint density at radius 3 is 1.58 bits per heavy atom. The number of esters is 2. The van der Waals surface area contributed by atoms with Crippen molar-refractivity contribution in [1.82, 2.24) is 0 Å². The first kappa shape index (κ1) is 54.9. The Morgan fingerprint density at radius 1 is 0.596 bits per heavy atom. The zero-order chi connectivity index (χ0) is 42.1. The molecular weight excluding hydrogens is 745 g/mol. The summed E-state index contributed by atoms with van der Waals surface area (Å²) in [6.45, 7) is 3.28. The van der Waals surface area contributed by atoms with Gasteiger partial charge < -0.3 is 30.3 Å². The molecule has 0 aliphatic rings. The minimum Gasteiger partial charge on any atom is -0.462 e. The fourth-order valence-corrected chi connectivity index (χ4v) is 6.78. The van der Waals surface area contributed by atoms with Gasteiger partial charge in [-0.15, -0.1) is 0 Å². The minimum atomic E-state index is -4.46. The van der Waals surface area contributed by atoms with Crippen LogP contribution in [0.1, 0.15) is 181 Å². The van der Waals surface area contributed by atoms with Gasteiger partial charge in [0.25, 0.3) is 0 Å². The first-order valence-corrected chi connectivity index (χ1v) is 23.8. The van der Waals surface area contributed by atoms with Crippen molar-refractivity contribution in [2.75, 3.05) is 26.4 Å². The normalized spacial score (nSPS) is 14.8. The van der Waals surface area contributed by atoms with Gasteiger partial charge in [0.2, 0.25) is 0 Å². The van der Waals surface area contributed by atoms with E-state index in [-0.39, 0.29) is 51.9 Å². The standard InChI is InChI=1S/C45H82NO10P/c1-3-5-7-9-11-13-15-17-18-19-20-21-23-25-27-29-31-35-44(49)53-39-41(40-55-57(51,52)54-38-37-46)56-45(50)36-32-34-43(48)42(47)33-30-28-26-24-22-16-14-12-10-8-6-4-2/h6,8,12,14,22,24,28,30,41-43,47-48H,3-5,7,9-11,13,15-21,23,25-27,29,31-40,46H2,1-2H3,(H,51,52)/b8-6-,14-12-,24-22-,30-28-/t41-,42-,43-/m1/s1. The lowest BCUT2D eigenvalue weighted by Gasteiger charge is -2.20. The number of carbonyl (C=O) groups is 2. The second-order valence-electron chi connectivity index (χ2n) is 14.9. The highest BCUT2D eigenvalue weighted by Crippen LogP contribution is 2.43. The molecule has 0 radical (unpaired) electrons. The number of carbonyl (C=O) groups excluding carboxylic acids is 2. The quantitative estimate of drug-likeness (QED) is 0.0200. The number of allylic oxidation sites excluding steroid dienone is 7. The molecule has 0 aromatic rings. The van der Waals surface area contributed by atoms with Crippen molar-refractivity contribution < 1.29 is 47.8 Å². The molecule has 0 heterocycles. The van der Waals surface area contributed by atoms with Crippen LogP contribution in [-0.2, 0) is 32.7 Å². The monoisotopic (exact) mass is 828 g/mol. The molecule has 11 nitrogen and oxygen atoms in total. The molecule has 0 bridgehead atoms. The summed E-state index contributed by atoms with van der Waals surface area (Å²) in [5.41, 5.74) is 5.33. The Morgan fingerprint density at radius 2 is 1.07 bits per heavy atom. The van der Waals surface area contributed by atoms with E-state index in [4.69, 9.17) is 24.3 Å². The van der Waals surface area contributed by atoms with Crippen molar-refractivity contribution in [1.29, 1.82) is 0 Å². The zero-order valence-corrected chi connectivity index (χ0v) is 36.7. The molecule has 0 aliphatic carbocycles. The Kier molecular flexibility index (Phi) is 39.2. The van der Waals surface area contributed by atoms with Gasteiger partial charge in [0.05, 0.1) is 25.4 Å². The van der Waals surface area contributed by atoms with Gasteiger partial charge in [-0.1, -0.05) is 165 Å². The molecule has 0 aromatic carbocycles. The highest BCUT2D eigenvalue weighted by Gasteiger charge is 2.26. The van der Waals surface area contributed by atoms with Crippen LogP contribution in [0.2, 0.25) is 0 Å². The first-order chi connectivity index (χ1) is 27.6. The fourth-order valence-electron chi connectivity index (χ4n) is 6.02. The molecule has 1 unspecified atom stereocenters. The number of aliphatic hydroxyl groups is 2. The third kappa shape index (κ3) is 39.1. The summed E-state index contributed by atoms with van der Waals surface area (Å²) in [4.78, 5) is 34.9. The summed E-state index contributed by atoms with van der Waals surface area (Å²) in [5.74, 6) is -1.11. The minimum absolute atomic E-state index is 0.00727. The number of phosphoric ester groups is 1. The van der Waals surface area contributed by atoms with Gasteiger partial charge in [0.1, 0.15) is 6.61 Å². The Balaban J connectivity index is 4.36. The Bertz CT molecular complexity index is 1110. The molecule has 57 heavy (non-hydrogen) atoms. The van der Waals surface area contributed by atoms with E-state index in [1.165, 1.54) is 83.5 Å². The highest BCUT2D eigenvalue weighted by atomic mass is 31.2.